The Labute approximate surface area is 198 Å². The monoisotopic (exact) mass is 468 g/mol. The van der Waals surface area contributed by atoms with Gasteiger partial charge < -0.3 is 14.2 Å². The largest absolute Gasteiger partial charge is 0.497 e. The van der Waals surface area contributed by atoms with E-state index in [4.69, 9.17) is 14.2 Å². The number of aromatic amines is 1. The van der Waals surface area contributed by atoms with Crippen molar-refractivity contribution in [2.75, 3.05) is 50.0 Å². The van der Waals surface area contributed by atoms with Gasteiger partial charge in [0.15, 0.2) is 0 Å². The molecule has 0 bridgehead atoms. The molecule has 1 fully saturated rings. The number of nitrogens with zero attached hydrogens (tertiary/aromatic N) is 3. The highest BCUT2D eigenvalue weighted by Gasteiger charge is 2.20. The third-order valence-corrected chi connectivity index (χ3v) is 6.31. The summed E-state index contributed by atoms with van der Waals surface area (Å²) in [6.07, 6.45) is 3.21. The molecule has 0 aliphatic carbocycles. The number of H-pyrrole nitrogens is 1. The van der Waals surface area contributed by atoms with Crippen LogP contribution in [0.15, 0.2) is 60.9 Å². The fourth-order valence-electron chi connectivity index (χ4n) is 3.48. The molecule has 1 amide bonds. The van der Waals surface area contributed by atoms with E-state index in [1.807, 2.05) is 54.7 Å². The summed E-state index contributed by atoms with van der Waals surface area (Å²) in [5.74, 6) is 1.49. The number of methoxy groups -OCH3 is 1. The van der Waals surface area contributed by atoms with Gasteiger partial charge in [-0.25, -0.2) is 9.10 Å². The molecule has 1 aliphatic rings. The molecular weight excluding hydrogens is 440 g/mol. The van der Waals surface area contributed by atoms with Gasteiger partial charge in [-0.15, -0.1) is 0 Å². The van der Waals surface area contributed by atoms with Crippen molar-refractivity contribution in [3.8, 4) is 16.9 Å². The molecule has 0 atom stereocenters. The summed E-state index contributed by atoms with van der Waals surface area (Å²) in [6.45, 7) is 4.39. The lowest BCUT2D eigenvalue weighted by Crippen LogP contribution is -2.38. The Bertz CT molecular complexity index is 1010. The Morgan fingerprint density at radius 3 is 2.73 bits per heavy atom. The topological polar surface area (TPSA) is 79.9 Å². The van der Waals surface area contributed by atoms with Crippen LogP contribution in [0, 0.1) is 0 Å². The van der Waals surface area contributed by atoms with Gasteiger partial charge in [-0.2, -0.15) is 5.10 Å². The van der Waals surface area contributed by atoms with Crippen LogP contribution in [0.25, 0.3) is 11.1 Å². The number of hydrogen-bond acceptors (Lipinski definition) is 7. The molecule has 33 heavy (non-hydrogen) atoms. The van der Waals surface area contributed by atoms with Crippen LogP contribution in [0.2, 0.25) is 0 Å². The Morgan fingerprint density at radius 2 is 2.00 bits per heavy atom. The Kier molecular flexibility index (Phi) is 8.24. The van der Waals surface area contributed by atoms with E-state index in [0.29, 0.717) is 0 Å². The van der Waals surface area contributed by atoms with E-state index in [0.717, 1.165) is 66.7 Å². The van der Waals surface area contributed by atoms with Gasteiger partial charge in [0.1, 0.15) is 12.4 Å². The number of carbonyl (C=O) groups is 1. The van der Waals surface area contributed by atoms with Gasteiger partial charge >= 0.3 is 6.09 Å². The molecular formula is C24H28N4O4S. The maximum atomic E-state index is 13.1. The molecule has 3 aromatic rings. The normalized spacial score (nSPS) is 14.1. The summed E-state index contributed by atoms with van der Waals surface area (Å²) in [4.78, 5) is 15.4. The lowest BCUT2D eigenvalue weighted by Gasteiger charge is -2.27. The van der Waals surface area contributed by atoms with E-state index in [-0.39, 0.29) is 6.61 Å². The second-order valence-corrected chi connectivity index (χ2v) is 8.55. The highest BCUT2D eigenvalue weighted by molar-refractivity contribution is 8.01. The van der Waals surface area contributed by atoms with Gasteiger partial charge in [-0.3, -0.25) is 10.00 Å². The molecule has 0 unspecified atom stereocenters. The number of carbonyl (C=O) groups excluding carboxylic acids is 1. The van der Waals surface area contributed by atoms with Crippen LogP contribution < -0.4 is 9.04 Å². The third-order valence-electron chi connectivity index (χ3n) is 5.33. The summed E-state index contributed by atoms with van der Waals surface area (Å²) in [7, 11) is 1.62. The Morgan fingerprint density at radius 1 is 1.18 bits per heavy atom. The van der Waals surface area contributed by atoms with Crippen molar-refractivity contribution in [3.63, 3.8) is 0 Å². The van der Waals surface area contributed by atoms with E-state index in [9.17, 15) is 4.79 Å². The highest BCUT2D eigenvalue weighted by atomic mass is 32.2. The predicted molar refractivity (Wildman–Crippen MR) is 129 cm³/mol. The van der Waals surface area contributed by atoms with Crippen LogP contribution in [0.5, 0.6) is 5.75 Å². The number of aromatic nitrogens is 2. The minimum atomic E-state index is -0.402. The number of nitrogens with one attached hydrogen (secondary N) is 1. The standard InChI is InChI=1S/C24H28N4O4S/c1-30-23-4-2-3-19(15-23)18-32-24(29)28(33-14-11-27-9-12-31-13-10-27)22-7-5-20(6-8-22)21-16-25-26-17-21/h2-8,15-17H,9-14,18H2,1H3,(H,25,26). The molecule has 174 valence electrons. The average molecular weight is 469 g/mol. The van der Waals surface area contributed by atoms with Gasteiger partial charge in [-0.05, 0) is 47.3 Å². The molecule has 0 saturated carbocycles. The second kappa shape index (κ2) is 11.7. The third kappa shape index (κ3) is 6.50. The summed E-state index contributed by atoms with van der Waals surface area (Å²) in [5.41, 5.74) is 3.66. The van der Waals surface area contributed by atoms with Crippen molar-refractivity contribution in [2.45, 2.75) is 6.61 Å². The van der Waals surface area contributed by atoms with E-state index in [1.54, 1.807) is 17.6 Å². The molecule has 4 rings (SSSR count). The van der Waals surface area contributed by atoms with Crippen LogP contribution in [-0.2, 0) is 16.1 Å². The van der Waals surface area contributed by atoms with Crippen molar-refractivity contribution in [2.24, 2.45) is 0 Å². The van der Waals surface area contributed by atoms with Crippen LogP contribution in [0.4, 0.5) is 10.5 Å². The molecule has 2 aromatic carbocycles. The number of rotatable bonds is 9. The molecule has 1 N–H and O–H groups in total. The summed E-state index contributed by atoms with van der Waals surface area (Å²) in [5, 5.41) is 6.82. The molecule has 1 aliphatic heterocycles. The van der Waals surface area contributed by atoms with Gasteiger partial charge in [0.2, 0.25) is 0 Å². The predicted octanol–water partition coefficient (Wildman–Crippen LogP) is 4.21. The van der Waals surface area contributed by atoms with Crippen molar-refractivity contribution in [1.29, 1.82) is 0 Å². The maximum absolute atomic E-state index is 13.1. The summed E-state index contributed by atoms with van der Waals surface area (Å²) >= 11 is 1.46. The van der Waals surface area contributed by atoms with E-state index >= 15 is 0 Å². The quantitative estimate of drug-likeness (QED) is 0.471. The minimum Gasteiger partial charge on any atom is -0.497 e. The second-order valence-electron chi connectivity index (χ2n) is 7.52. The first-order chi connectivity index (χ1) is 16.2. The number of ether oxygens (including phenoxy) is 3. The zero-order valence-electron chi connectivity index (χ0n) is 18.6. The van der Waals surface area contributed by atoms with Gasteiger partial charge in [-0.1, -0.05) is 24.3 Å². The van der Waals surface area contributed by atoms with Crippen LogP contribution in [0.1, 0.15) is 5.56 Å². The molecule has 8 nitrogen and oxygen atoms in total. The van der Waals surface area contributed by atoms with E-state index < -0.39 is 6.09 Å². The molecule has 0 spiro atoms. The molecule has 9 heteroatoms. The molecule has 1 saturated heterocycles. The summed E-state index contributed by atoms with van der Waals surface area (Å²) < 4.78 is 18.0. The van der Waals surface area contributed by atoms with Crippen molar-refractivity contribution in [1.82, 2.24) is 15.1 Å². The Hall–Kier alpha value is -3.01. The van der Waals surface area contributed by atoms with Crippen molar-refractivity contribution in [3.05, 3.63) is 66.5 Å². The van der Waals surface area contributed by atoms with E-state index in [2.05, 4.69) is 15.1 Å². The van der Waals surface area contributed by atoms with Crippen LogP contribution in [-0.4, -0.2) is 66.9 Å². The first-order valence-electron chi connectivity index (χ1n) is 10.8. The first-order valence-corrected chi connectivity index (χ1v) is 11.8. The highest BCUT2D eigenvalue weighted by Crippen LogP contribution is 2.28. The van der Waals surface area contributed by atoms with Crippen molar-refractivity contribution < 1.29 is 19.0 Å². The van der Waals surface area contributed by atoms with Crippen LogP contribution in [0.3, 0.4) is 0 Å². The number of morpholine rings is 1. The van der Waals surface area contributed by atoms with Crippen LogP contribution >= 0.6 is 11.9 Å². The fourth-order valence-corrected chi connectivity index (χ4v) is 4.43. The maximum Gasteiger partial charge on any atom is 0.424 e. The lowest BCUT2D eigenvalue weighted by molar-refractivity contribution is 0.0410. The van der Waals surface area contributed by atoms with Gasteiger partial charge in [0.05, 0.1) is 32.2 Å². The minimum absolute atomic E-state index is 0.170. The lowest BCUT2D eigenvalue weighted by atomic mass is 10.1. The number of hydrogen-bond donors (Lipinski definition) is 1. The molecule has 1 aromatic heterocycles. The van der Waals surface area contributed by atoms with Gasteiger partial charge in [0.25, 0.3) is 0 Å². The number of anilines is 1. The fraction of sp³-hybridized carbons (Fsp3) is 0.333. The first kappa shape index (κ1) is 23.2. The number of amides is 1. The molecule has 0 radical (unpaired) electrons. The summed E-state index contributed by atoms with van der Waals surface area (Å²) in [6, 6.07) is 15.3. The zero-order valence-corrected chi connectivity index (χ0v) is 19.4. The molecule has 2 heterocycles. The smallest absolute Gasteiger partial charge is 0.424 e. The number of benzene rings is 2. The zero-order chi connectivity index (χ0) is 22.9. The SMILES string of the molecule is COc1cccc(COC(=O)N(SCCN2CCOCC2)c2ccc(-c3cn[nH]c3)cc2)c1. The van der Waals surface area contributed by atoms with Gasteiger partial charge in [0, 0.05) is 37.1 Å². The average Bonchev–Trinajstić information content (AvgIpc) is 3.41. The van der Waals surface area contributed by atoms with Crippen molar-refractivity contribution >= 4 is 23.7 Å². The Balaban J connectivity index is 1.43. The van der Waals surface area contributed by atoms with E-state index in [1.165, 1.54) is 11.9 Å².